The first-order valence-electron chi connectivity index (χ1n) is 11.2. The minimum Gasteiger partial charge on any atom is -0.343 e. The van der Waals surface area contributed by atoms with Crippen LogP contribution in [0.4, 0.5) is 16.2 Å². The molecular weight excluding hydrogens is 469 g/mol. The highest BCUT2D eigenvalue weighted by Crippen LogP contribution is 2.39. The van der Waals surface area contributed by atoms with Crippen molar-refractivity contribution in [2.24, 2.45) is 7.05 Å². The number of nitrogens with zero attached hydrogens (tertiary/aromatic N) is 8. The van der Waals surface area contributed by atoms with Crippen molar-refractivity contribution in [3.05, 3.63) is 77.2 Å². The van der Waals surface area contributed by atoms with Crippen LogP contribution < -0.4 is 5.32 Å². The van der Waals surface area contributed by atoms with Gasteiger partial charge in [0, 0.05) is 50.6 Å². The van der Waals surface area contributed by atoms with Gasteiger partial charge in [-0.25, -0.2) is 14.4 Å². The van der Waals surface area contributed by atoms with E-state index in [1.54, 1.807) is 29.2 Å². The molecule has 0 fully saturated rings. The highest BCUT2D eigenvalue weighted by molar-refractivity contribution is 6.35. The molecule has 0 saturated carbocycles. The number of nitrogens with one attached hydrogen (secondary N) is 1. The number of hydrogen-bond acceptors (Lipinski definition) is 6. The van der Waals surface area contributed by atoms with Gasteiger partial charge >= 0.3 is 0 Å². The number of halogens is 2. The highest BCUT2D eigenvalue weighted by Gasteiger charge is 2.26. The smallest absolute Gasteiger partial charge is 0.228 e. The molecule has 0 unspecified atom stereocenters. The van der Waals surface area contributed by atoms with Crippen LogP contribution in [0.25, 0.3) is 22.8 Å². The van der Waals surface area contributed by atoms with Crippen LogP contribution in [0.1, 0.15) is 17.8 Å². The predicted molar refractivity (Wildman–Crippen MR) is 130 cm³/mol. The fourth-order valence-corrected chi connectivity index (χ4v) is 4.72. The van der Waals surface area contributed by atoms with Gasteiger partial charge in [-0.3, -0.25) is 4.68 Å². The molecule has 4 aromatic heterocycles. The lowest BCUT2D eigenvalue weighted by molar-refractivity contribution is 0.574. The highest BCUT2D eigenvalue weighted by atomic mass is 35.5. The van der Waals surface area contributed by atoms with Crippen LogP contribution in [-0.2, 0) is 26.6 Å². The fraction of sp³-hybridized carbons (Fsp3) is 0.208. The second kappa shape index (κ2) is 8.62. The maximum absolute atomic E-state index is 14.3. The van der Waals surface area contributed by atoms with E-state index < -0.39 is 0 Å². The lowest BCUT2D eigenvalue weighted by Gasteiger charge is -2.08. The van der Waals surface area contributed by atoms with E-state index in [0.717, 1.165) is 36.6 Å². The van der Waals surface area contributed by atoms with Crippen LogP contribution in [-0.4, -0.2) is 39.1 Å². The van der Waals surface area contributed by atoms with Crippen molar-refractivity contribution in [1.29, 1.82) is 0 Å². The fourth-order valence-electron chi connectivity index (χ4n) is 4.38. The van der Waals surface area contributed by atoms with Gasteiger partial charge in [-0.15, -0.1) is 10.2 Å². The van der Waals surface area contributed by atoms with Gasteiger partial charge in [0.05, 0.1) is 16.9 Å². The van der Waals surface area contributed by atoms with E-state index >= 15 is 0 Å². The third-order valence-corrected chi connectivity index (χ3v) is 6.52. The Morgan fingerprint density at radius 2 is 1.97 bits per heavy atom. The Labute approximate surface area is 205 Å². The summed E-state index contributed by atoms with van der Waals surface area (Å²) in [6.07, 6.45) is 6.61. The van der Waals surface area contributed by atoms with Crippen LogP contribution in [0.5, 0.6) is 0 Å². The van der Waals surface area contributed by atoms with Crippen LogP contribution in [0.15, 0.2) is 55.0 Å². The number of aryl methyl sites for hydroxylation is 2. The van der Waals surface area contributed by atoms with Gasteiger partial charge in [0.25, 0.3) is 0 Å². The molecule has 1 N–H and O–H groups in total. The molecule has 35 heavy (non-hydrogen) atoms. The molecule has 0 radical (unpaired) electrons. The summed E-state index contributed by atoms with van der Waals surface area (Å²) in [5, 5.41) is 16.7. The molecule has 0 atom stereocenters. The zero-order valence-electron chi connectivity index (χ0n) is 18.9. The largest absolute Gasteiger partial charge is 0.343 e. The van der Waals surface area contributed by atoms with Crippen molar-refractivity contribution in [3.63, 3.8) is 0 Å². The Balaban J connectivity index is 1.37. The number of benzene rings is 1. The van der Waals surface area contributed by atoms with Crippen molar-refractivity contribution in [1.82, 2.24) is 39.1 Å². The van der Waals surface area contributed by atoms with Gasteiger partial charge in [-0.05, 0) is 24.1 Å². The summed E-state index contributed by atoms with van der Waals surface area (Å²) in [6.45, 7) is 1.49. The molecule has 5 heterocycles. The second-order valence-corrected chi connectivity index (χ2v) is 8.72. The Morgan fingerprint density at radius 3 is 2.80 bits per heavy atom. The standard InChI is InChI=1S/C24H21ClFN9/c1-33-19(8-10-28-33)30-24-27-9-7-18(29-24)16-14-34-11-4-12-35-20(13-15-5-2-3-6-17(15)26)31-32-23(35)22(34)21(16)25/h2-3,5-10,14H,4,11-13H2,1H3,(H,27,29,30). The van der Waals surface area contributed by atoms with Crippen molar-refractivity contribution in [2.45, 2.75) is 25.9 Å². The monoisotopic (exact) mass is 489 g/mol. The average molecular weight is 490 g/mol. The van der Waals surface area contributed by atoms with Gasteiger partial charge in [0.2, 0.25) is 5.95 Å². The normalized spacial score (nSPS) is 12.8. The summed E-state index contributed by atoms with van der Waals surface area (Å²) in [5.74, 6) is 2.35. The molecule has 0 amide bonds. The van der Waals surface area contributed by atoms with E-state index in [0.29, 0.717) is 40.3 Å². The van der Waals surface area contributed by atoms with Gasteiger partial charge in [0.1, 0.15) is 23.2 Å². The summed E-state index contributed by atoms with van der Waals surface area (Å²) in [6, 6.07) is 10.4. The van der Waals surface area contributed by atoms with E-state index in [1.165, 1.54) is 6.07 Å². The number of rotatable bonds is 5. The molecular formula is C24H21ClFN9. The van der Waals surface area contributed by atoms with Crippen LogP contribution in [0, 0.1) is 5.82 Å². The minimum atomic E-state index is -0.249. The van der Waals surface area contributed by atoms with Gasteiger partial charge in [-0.1, -0.05) is 29.8 Å². The Morgan fingerprint density at radius 1 is 1.09 bits per heavy atom. The minimum absolute atomic E-state index is 0.249. The third kappa shape index (κ3) is 3.85. The average Bonchev–Trinajstić information content (AvgIpc) is 3.49. The van der Waals surface area contributed by atoms with E-state index in [2.05, 4.69) is 35.1 Å². The van der Waals surface area contributed by atoms with E-state index in [4.69, 9.17) is 11.6 Å². The first-order chi connectivity index (χ1) is 17.1. The molecule has 9 nitrogen and oxygen atoms in total. The number of fused-ring (bicyclic) bond motifs is 3. The van der Waals surface area contributed by atoms with Crippen molar-refractivity contribution in [3.8, 4) is 22.8 Å². The Bertz CT molecular complexity index is 1530. The lowest BCUT2D eigenvalue weighted by atomic mass is 10.1. The summed E-state index contributed by atoms with van der Waals surface area (Å²) in [4.78, 5) is 8.99. The SMILES string of the molecule is Cn1nccc1Nc1nccc(-c2cn3c(c2Cl)-c2nnc(Cc4ccccc4F)n2CCC3)n1. The van der Waals surface area contributed by atoms with Crippen molar-refractivity contribution >= 4 is 23.4 Å². The molecule has 11 heteroatoms. The predicted octanol–water partition coefficient (Wildman–Crippen LogP) is 4.47. The molecule has 1 aliphatic heterocycles. The van der Waals surface area contributed by atoms with Gasteiger partial charge < -0.3 is 14.5 Å². The van der Waals surface area contributed by atoms with Crippen molar-refractivity contribution < 1.29 is 4.39 Å². The van der Waals surface area contributed by atoms with Crippen LogP contribution in [0.3, 0.4) is 0 Å². The number of anilines is 2. The van der Waals surface area contributed by atoms with Crippen molar-refractivity contribution in [2.75, 3.05) is 5.32 Å². The number of aromatic nitrogens is 8. The van der Waals surface area contributed by atoms with Gasteiger partial charge in [-0.2, -0.15) is 5.10 Å². The zero-order chi connectivity index (χ0) is 23.9. The van der Waals surface area contributed by atoms with Gasteiger partial charge in [0.15, 0.2) is 5.82 Å². The molecule has 5 aromatic rings. The van der Waals surface area contributed by atoms with E-state index in [9.17, 15) is 4.39 Å². The third-order valence-electron chi connectivity index (χ3n) is 6.14. The molecule has 0 bridgehead atoms. The maximum Gasteiger partial charge on any atom is 0.228 e. The van der Waals surface area contributed by atoms with E-state index in [-0.39, 0.29) is 5.82 Å². The first-order valence-corrected chi connectivity index (χ1v) is 11.6. The zero-order valence-corrected chi connectivity index (χ0v) is 19.6. The summed E-state index contributed by atoms with van der Waals surface area (Å²) in [7, 11) is 1.84. The molecule has 1 aliphatic rings. The summed E-state index contributed by atoms with van der Waals surface area (Å²) >= 11 is 6.94. The Kier molecular flexibility index (Phi) is 5.29. The molecule has 6 rings (SSSR count). The lowest BCUT2D eigenvalue weighted by Crippen LogP contribution is -2.06. The molecule has 1 aromatic carbocycles. The van der Waals surface area contributed by atoms with Crippen LogP contribution in [0.2, 0.25) is 5.02 Å². The quantitative estimate of drug-likeness (QED) is 0.392. The maximum atomic E-state index is 14.3. The van der Waals surface area contributed by atoms with Crippen LogP contribution >= 0.6 is 11.6 Å². The first kappa shape index (κ1) is 21.5. The number of hydrogen-bond donors (Lipinski definition) is 1. The molecule has 0 spiro atoms. The molecule has 176 valence electrons. The summed E-state index contributed by atoms with van der Waals surface area (Å²) < 4.78 is 20.1. The second-order valence-electron chi connectivity index (χ2n) is 8.34. The van der Waals surface area contributed by atoms with E-state index in [1.807, 2.05) is 36.0 Å². The molecule has 0 saturated heterocycles. The topological polar surface area (TPSA) is 91.3 Å². The Hall–Kier alpha value is -4.05. The summed E-state index contributed by atoms with van der Waals surface area (Å²) in [5.41, 5.74) is 2.84. The molecule has 0 aliphatic carbocycles.